The fourth-order valence-corrected chi connectivity index (χ4v) is 3.22. The average molecular weight is 185 g/mol. The van der Waals surface area contributed by atoms with Gasteiger partial charge in [0.05, 0.1) is 0 Å². The number of hydrogen-bond acceptors (Lipinski definition) is 1. The van der Waals surface area contributed by atoms with Crippen LogP contribution in [0.15, 0.2) is 0 Å². The zero-order valence-corrected chi connectivity index (χ0v) is 8.43. The molecule has 0 saturated heterocycles. The summed E-state index contributed by atoms with van der Waals surface area (Å²) in [5.41, 5.74) is 6.40. The zero-order valence-electron chi connectivity index (χ0n) is 8.43. The highest BCUT2D eigenvalue weighted by Gasteiger charge is 2.45. The largest absolute Gasteiger partial charge is 0.327 e. The van der Waals surface area contributed by atoms with Crippen LogP contribution in [-0.4, -0.2) is 12.2 Å². The van der Waals surface area contributed by atoms with Gasteiger partial charge in [0.2, 0.25) is 0 Å². The molecule has 0 aromatic carbocycles. The third kappa shape index (κ3) is 1.50. The van der Waals surface area contributed by atoms with Crippen LogP contribution in [-0.2, 0) is 0 Å². The molecule has 0 aliphatic heterocycles. The standard InChI is InChI=1S/C11H20FN/c1-11-6-5-9(12)7-8(11)3-2-4-10(11)13/h8-10H,2-7,13H2,1H3. The Balaban J connectivity index is 2.13. The molecule has 2 aliphatic carbocycles. The van der Waals surface area contributed by atoms with Crippen molar-refractivity contribution in [3.8, 4) is 0 Å². The molecule has 2 heteroatoms. The van der Waals surface area contributed by atoms with Gasteiger partial charge in [-0.15, -0.1) is 0 Å². The van der Waals surface area contributed by atoms with E-state index in [2.05, 4.69) is 6.92 Å². The average Bonchev–Trinajstić information content (AvgIpc) is 2.09. The van der Waals surface area contributed by atoms with E-state index in [1.165, 1.54) is 12.8 Å². The van der Waals surface area contributed by atoms with Gasteiger partial charge < -0.3 is 5.73 Å². The second-order valence-electron chi connectivity index (χ2n) is 5.11. The molecule has 0 aromatic rings. The lowest BCUT2D eigenvalue weighted by atomic mass is 9.58. The van der Waals surface area contributed by atoms with Crippen LogP contribution in [0.3, 0.4) is 0 Å². The van der Waals surface area contributed by atoms with Crippen LogP contribution in [0.5, 0.6) is 0 Å². The molecule has 2 N–H and O–H groups in total. The monoisotopic (exact) mass is 185 g/mol. The molecular formula is C11H20FN. The maximum Gasteiger partial charge on any atom is 0.100 e. The van der Waals surface area contributed by atoms with E-state index in [0.29, 0.717) is 12.0 Å². The van der Waals surface area contributed by atoms with Crippen LogP contribution in [0, 0.1) is 11.3 Å². The summed E-state index contributed by atoms with van der Waals surface area (Å²) in [5, 5.41) is 0. The molecule has 2 rings (SSSR count). The first-order valence-corrected chi connectivity index (χ1v) is 5.52. The van der Waals surface area contributed by atoms with E-state index in [9.17, 15) is 4.39 Å². The molecule has 0 bridgehead atoms. The lowest BCUT2D eigenvalue weighted by Crippen LogP contribution is -2.50. The van der Waals surface area contributed by atoms with Gasteiger partial charge in [-0.1, -0.05) is 13.3 Å². The first-order chi connectivity index (χ1) is 6.13. The van der Waals surface area contributed by atoms with Gasteiger partial charge in [-0.25, -0.2) is 4.39 Å². The van der Waals surface area contributed by atoms with Crippen LogP contribution in [0.1, 0.15) is 45.4 Å². The van der Waals surface area contributed by atoms with Crippen molar-refractivity contribution in [1.82, 2.24) is 0 Å². The van der Waals surface area contributed by atoms with Gasteiger partial charge in [-0.2, -0.15) is 0 Å². The van der Waals surface area contributed by atoms with E-state index in [1.54, 1.807) is 0 Å². The topological polar surface area (TPSA) is 26.0 Å². The summed E-state index contributed by atoms with van der Waals surface area (Å²) in [7, 11) is 0. The van der Waals surface area contributed by atoms with E-state index in [0.717, 1.165) is 25.7 Å². The SMILES string of the molecule is CC12CCC(F)CC1CCCC2N. The second kappa shape index (κ2) is 3.23. The minimum atomic E-state index is -0.552. The molecule has 13 heavy (non-hydrogen) atoms. The van der Waals surface area contributed by atoms with E-state index in [1.807, 2.05) is 0 Å². The van der Waals surface area contributed by atoms with Crippen molar-refractivity contribution in [2.45, 2.75) is 57.7 Å². The molecule has 1 nitrogen and oxygen atoms in total. The molecule has 0 aromatic heterocycles. The van der Waals surface area contributed by atoms with Crippen molar-refractivity contribution >= 4 is 0 Å². The van der Waals surface area contributed by atoms with Crippen molar-refractivity contribution in [2.24, 2.45) is 17.1 Å². The van der Waals surface area contributed by atoms with Gasteiger partial charge in [-0.05, 0) is 43.4 Å². The van der Waals surface area contributed by atoms with E-state index in [4.69, 9.17) is 5.73 Å². The Morgan fingerprint density at radius 2 is 2.08 bits per heavy atom. The van der Waals surface area contributed by atoms with Crippen LogP contribution >= 0.6 is 0 Å². The normalized spacial score (nSPS) is 51.5. The van der Waals surface area contributed by atoms with Crippen LogP contribution < -0.4 is 5.73 Å². The third-order valence-corrected chi connectivity index (χ3v) is 4.38. The number of hydrogen-bond donors (Lipinski definition) is 1. The van der Waals surface area contributed by atoms with Gasteiger partial charge in [0.15, 0.2) is 0 Å². The molecule has 4 unspecified atom stereocenters. The Labute approximate surface area is 79.9 Å². The van der Waals surface area contributed by atoms with Gasteiger partial charge >= 0.3 is 0 Å². The van der Waals surface area contributed by atoms with E-state index >= 15 is 0 Å². The van der Waals surface area contributed by atoms with Crippen molar-refractivity contribution in [2.75, 3.05) is 0 Å². The molecule has 0 heterocycles. The van der Waals surface area contributed by atoms with E-state index in [-0.39, 0.29) is 5.41 Å². The predicted octanol–water partition coefficient (Wildman–Crippen LogP) is 2.64. The summed E-state index contributed by atoms with van der Waals surface area (Å²) in [5.74, 6) is 0.556. The third-order valence-electron chi connectivity index (χ3n) is 4.38. The molecule has 0 spiro atoms. The molecule has 2 fully saturated rings. The number of halogens is 1. The van der Waals surface area contributed by atoms with Crippen molar-refractivity contribution in [1.29, 1.82) is 0 Å². The summed E-state index contributed by atoms with van der Waals surface area (Å²) in [6.07, 6.45) is 5.50. The molecule has 2 aliphatic rings. The maximum atomic E-state index is 13.2. The highest BCUT2D eigenvalue weighted by Crippen LogP contribution is 2.49. The number of rotatable bonds is 0. The van der Waals surface area contributed by atoms with E-state index < -0.39 is 6.17 Å². The summed E-state index contributed by atoms with van der Waals surface area (Å²) < 4.78 is 13.2. The Morgan fingerprint density at radius 3 is 2.85 bits per heavy atom. The van der Waals surface area contributed by atoms with Gasteiger partial charge in [0, 0.05) is 6.04 Å². The minimum absolute atomic E-state index is 0.251. The predicted molar refractivity (Wildman–Crippen MR) is 52.2 cm³/mol. The summed E-state index contributed by atoms with van der Waals surface area (Å²) in [4.78, 5) is 0. The van der Waals surface area contributed by atoms with Crippen LogP contribution in [0.2, 0.25) is 0 Å². The van der Waals surface area contributed by atoms with Gasteiger partial charge in [0.1, 0.15) is 6.17 Å². The first kappa shape index (κ1) is 9.45. The Hall–Kier alpha value is -0.110. The molecule has 4 atom stereocenters. The quantitative estimate of drug-likeness (QED) is 0.617. The zero-order chi connectivity index (χ0) is 9.47. The van der Waals surface area contributed by atoms with Gasteiger partial charge in [-0.3, -0.25) is 0 Å². The lowest BCUT2D eigenvalue weighted by Gasteiger charge is -2.49. The van der Waals surface area contributed by atoms with Crippen LogP contribution in [0.25, 0.3) is 0 Å². The summed E-state index contributed by atoms with van der Waals surface area (Å²) in [6.45, 7) is 2.27. The molecule has 76 valence electrons. The Morgan fingerprint density at radius 1 is 1.31 bits per heavy atom. The lowest BCUT2D eigenvalue weighted by molar-refractivity contribution is 0.00793. The Bertz CT molecular complexity index is 195. The minimum Gasteiger partial charge on any atom is -0.327 e. The number of fused-ring (bicyclic) bond motifs is 1. The number of nitrogens with two attached hydrogens (primary N) is 1. The number of alkyl halides is 1. The fourth-order valence-electron chi connectivity index (χ4n) is 3.22. The summed E-state index contributed by atoms with van der Waals surface area (Å²) >= 11 is 0. The highest BCUT2D eigenvalue weighted by atomic mass is 19.1. The molecule has 0 amide bonds. The van der Waals surface area contributed by atoms with Gasteiger partial charge in [0.25, 0.3) is 0 Å². The second-order valence-corrected chi connectivity index (χ2v) is 5.11. The summed E-state index contributed by atoms with van der Waals surface area (Å²) in [6, 6.07) is 0.318. The van der Waals surface area contributed by atoms with Crippen LogP contribution in [0.4, 0.5) is 4.39 Å². The smallest absolute Gasteiger partial charge is 0.100 e. The highest BCUT2D eigenvalue weighted by molar-refractivity contribution is 4.98. The first-order valence-electron chi connectivity index (χ1n) is 5.52. The van der Waals surface area contributed by atoms with Crippen molar-refractivity contribution < 1.29 is 4.39 Å². The molecule has 2 saturated carbocycles. The van der Waals surface area contributed by atoms with Crippen molar-refractivity contribution in [3.05, 3.63) is 0 Å². The molecule has 0 radical (unpaired) electrons. The van der Waals surface area contributed by atoms with Crippen molar-refractivity contribution in [3.63, 3.8) is 0 Å². The Kier molecular flexibility index (Phi) is 2.35. The fraction of sp³-hybridized carbons (Fsp3) is 1.00. The maximum absolute atomic E-state index is 13.2. The molecular weight excluding hydrogens is 165 g/mol.